The summed E-state index contributed by atoms with van der Waals surface area (Å²) >= 11 is 0. The number of imide groups is 1. The average molecular weight is 304 g/mol. The molecule has 0 saturated carbocycles. The molecular formula is C15H16N2O5. The zero-order chi connectivity index (χ0) is 16.3. The third-order valence-electron chi connectivity index (χ3n) is 3.63. The van der Waals surface area contributed by atoms with E-state index in [0.717, 1.165) is 0 Å². The molecule has 1 aromatic carbocycles. The predicted molar refractivity (Wildman–Crippen MR) is 76.6 cm³/mol. The minimum Gasteiger partial charge on any atom is -0.496 e. The van der Waals surface area contributed by atoms with Crippen LogP contribution in [0, 0.1) is 0 Å². The third-order valence-corrected chi connectivity index (χ3v) is 3.63. The Hall–Kier alpha value is -2.70. The summed E-state index contributed by atoms with van der Waals surface area (Å²) in [6.07, 6.45) is 0.977. The Bertz CT molecular complexity index is 641. The maximum atomic E-state index is 12.6. The number of nitrogens with one attached hydrogen (secondary N) is 1. The van der Waals surface area contributed by atoms with E-state index >= 15 is 0 Å². The van der Waals surface area contributed by atoms with E-state index in [-0.39, 0.29) is 35.6 Å². The van der Waals surface area contributed by atoms with Gasteiger partial charge in [0.1, 0.15) is 11.8 Å². The van der Waals surface area contributed by atoms with Crippen molar-refractivity contribution in [1.82, 2.24) is 10.2 Å². The molecule has 1 saturated heterocycles. The molecule has 2 rings (SSSR count). The van der Waals surface area contributed by atoms with E-state index in [2.05, 4.69) is 5.32 Å². The fourth-order valence-corrected chi connectivity index (χ4v) is 2.41. The van der Waals surface area contributed by atoms with Crippen LogP contribution < -0.4 is 10.1 Å². The molecule has 0 aromatic heterocycles. The lowest BCUT2D eigenvalue weighted by atomic mass is 10.0. The van der Waals surface area contributed by atoms with Crippen LogP contribution in [0.25, 0.3) is 0 Å². The highest BCUT2D eigenvalue weighted by atomic mass is 16.5. The molecule has 0 aliphatic carbocycles. The van der Waals surface area contributed by atoms with Gasteiger partial charge < -0.3 is 9.64 Å². The number of carbonyl (C=O) groups is 4. The molecule has 1 unspecified atom stereocenters. The van der Waals surface area contributed by atoms with Gasteiger partial charge >= 0.3 is 0 Å². The minimum absolute atomic E-state index is 0.133. The van der Waals surface area contributed by atoms with Gasteiger partial charge in [-0.2, -0.15) is 0 Å². The normalized spacial score (nSPS) is 17.6. The summed E-state index contributed by atoms with van der Waals surface area (Å²) in [7, 11) is 2.87. The maximum absolute atomic E-state index is 12.6. The van der Waals surface area contributed by atoms with Gasteiger partial charge in [0.15, 0.2) is 6.29 Å². The van der Waals surface area contributed by atoms with Crippen molar-refractivity contribution in [3.63, 3.8) is 0 Å². The van der Waals surface area contributed by atoms with Gasteiger partial charge in [0.25, 0.3) is 5.91 Å². The second-order valence-electron chi connectivity index (χ2n) is 4.92. The summed E-state index contributed by atoms with van der Waals surface area (Å²) in [5, 5.41) is 2.20. The van der Waals surface area contributed by atoms with Gasteiger partial charge in [0.05, 0.1) is 18.2 Å². The highest BCUT2D eigenvalue weighted by Crippen LogP contribution is 2.23. The van der Waals surface area contributed by atoms with Crippen LogP contribution in [0.1, 0.15) is 33.6 Å². The van der Waals surface area contributed by atoms with Crippen LogP contribution in [-0.2, 0) is 9.59 Å². The van der Waals surface area contributed by atoms with Gasteiger partial charge in [-0.25, -0.2) is 0 Å². The molecule has 22 heavy (non-hydrogen) atoms. The summed E-state index contributed by atoms with van der Waals surface area (Å²) in [6.45, 7) is 0. The summed E-state index contributed by atoms with van der Waals surface area (Å²) in [4.78, 5) is 48.1. The standard InChI is InChI=1S/C15H16N2O5/c1-17(11-6-7-13(19)16-14(11)20)15(21)9-4-3-5-12(22-2)10(9)8-18/h3-5,8,11H,6-7H2,1-2H3,(H,16,19,20). The molecule has 1 aliphatic rings. The van der Waals surface area contributed by atoms with Crippen LogP contribution >= 0.6 is 0 Å². The van der Waals surface area contributed by atoms with Crippen molar-refractivity contribution in [3.8, 4) is 5.75 Å². The number of methoxy groups -OCH3 is 1. The lowest BCUT2D eigenvalue weighted by molar-refractivity contribution is -0.136. The van der Waals surface area contributed by atoms with Crippen molar-refractivity contribution in [1.29, 1.82) is 0 Å². The Morgan fingerprint density at radius 2 is 2.14 bits per heavy atom. The zero-order valence-corrected chi connectivity index (χ0v) is 12.3. The number of hydrogen-bond donors (Lipinski definition) is 1. The van der Waals surface area contributed by atoms with E-state index in [0.29, 0.717) is 6.29 Å². The van der Waals surface area contributed by atoms with Crippen LogP contribution in [0.5, 0.6) is 5.75 Å². The Morgan fingerprint density at radius 3 is 2.73 bits per heavy atom. The molecule has 1 aromatic rings. The summed E-state index contributed by atoms with van der Waals surface area (Å²) in [6, 6.07) is 3.93. The van der Waals surface area contributed by atoms with Gasteiger partial charge in [-0.05, 0) is 18.6 Å². The quantitative estimate of drug-likeness (QED) is 0.641. The van der Waals surface area contributed by atoms with E-state index in [1.165, 1.54) is 25.1 Å². The summed E-state index contributed by atoms with van der Waals surface area (Å²) in [5.74, 6) is -1.05. The van der Waals surface area contributed by atoms with Crippen LogP contribution in [0.15, 0.2) is 18.2 Å². The Balaban J connectivity index is 2.30. The molecule has 1 atom stereocenters. The Kier molecular flexibility index (Phi) is 4.55. The largest absolute Gasteiger partial charge is 0.496 e. The fourth-order valence-electron chi connectivity index (χ4n) is 2.41. The summed E-state index contributed by atoms with van der Waals surface area (Å²) < 4.78 is 5.06. The summed E-state index contributed by atoms with van der Waals surface area (Å²) in [5.41, 5.74) is 0.288. The van der Waals surface area contributed by atoms with Gasteiger partial charge in [0.2, 0.25) is 11.8 Å². The first kappa shape index (κ1) is 15.7. The van der Waals surface area contributed by atoms with Crippen molar-refractivity contribution in [2.45, 2.75) is 18.9 Å². The molecule has 116 valence electrons. The van der Waals surface area contributed by atoms with Gasteiger partial charge in [-0.15, -0.1) is 0 Å². The second kappa shape index (κ2) is 6.38. The minimum atomic E-state index is -0.740. The Labute approximate surface area is 127 Å². The molecule has 0 bridgehead atoms. The molecule has 1 aliphatic heterocycles. The Morgan fingerprint density at radius 1 is 1.41 bits per heavy atom. The molecule has 7 heteroatoms. The molecule has 3 amide bonds. The van der Waals surface area contributed by atoms with Crippen molar-refractivity contribution in [3.05, 3.63) is 29.3 Å². The molecule has 1 heterocycles. The fraction of sp³-hybridized carbons (Fsp3) is 0.333. The number of ether oxygens (including phenoxy) is 1. The molecule has 7 nitrogen and oxygen atoms in total. The van der Waals surface area contributed by atoms with Crippen molar-refractivity contribution < 1.29 is 23.9 Å². The van der Waals surface area contributed by atoms with Crippen molar-refractivity contribution in [2.75, 3.05) is 14.2 Å². The smallest absolute Gasteiger partial charge is 0.255 e. The average Bonchev–Trinajstić information content (AvgIpc) is 2.52. The third kappa shape index (κ3) is 2.83. The van der Waals surface area contributed by atoms with Gasteiger partial charge in [0, 0.05) is 13.5 Å². The number of rotatable bonds is 4. The highest BCUT2D eigenvalue weighted by molar-refractivity contribution is 6.06. The number of hydrogen-bond acceptors (Lipinski definition) is 5. The number of aldehydes is 1. The number of benzene rings is 1. The second-order valence-corrected chi connectivity index (χ2v) is 4.92. The van der Waals surface area contributed by atoms with Crippen LogP contribution in [0.3, 0.4) is 0 Å². The monoisotopic (exact) mass is 304 g/mol. The van der Waals surface area contributed by atoms with Crippen molar-refractivity contribution >= 4 is 24.0 Å². The number of carbonyl (C=O) groups excluding carboxylic acids is 4. The first-order valence-corrected chi connectivity index (χ1v) is 6.72. The molecule has 1 N–H and O–H groups in total. The topological polar surface area (TPSA) is 92.8 Å². The first-order chi connectivity index (χ1) is 10.5. The molecule has 1 fully saturated rings. The van der Waals surface area contributed by atoms with E-state index in [9.17, 15) is 19.2 Å². The van der Waals surface area contributed by atoms with Gasteiger partial charge in [-0.3, -0.25) is 24.5 Å². The van der Waals surface area contributed by atoms with Gasteiger partial charge in [-0.1, -0.05) is 6.07 Å². The molecule has 0 spiro atoms. The lowest BCUT2D eigenvalue weighted by Gasteiger charge is -2.30. The van der Waals surface area contributed by atoms with Crippen LogP contribution in [0.4, 0.5) is 0 Å². The number of likely N-dealkylation sites (N-methyl/N-ethyl adjacent to an activating group) is 1. The van der Waals surface area contributed by atoms with E-state index in [1.54, 1.807) is 12.1 Å². The first-order valence-electron chi connectivity index (χ1n) is 6.72. The van der Waals surface area contributed by atoms with Crippen LogP contribution in [-0.4, -0.2) is 49.1 Å². The SMILES string of the molecule is COc1cccc(C(=O)N(C)C2CCC(=O)NC2=O)c1C=O. The zero-order valence-electron chi connectivity index (χ0n) is 12.3. The molecular weight excluding hydrogens is 288 g/mol. The van der Waals surface area contributed by atoms with E-state index in [4.69, 9.17) is 4.74 Å². The van der Waals surface area contributed by atoms with E-state index in [1.807, 2.05) is 0 Å². The van der Waals surface area contributed by atoms with Crippen LogP contribution in [0.2, 0.25) is 0 Å². The number of amides is 3. The number of piperidine rings is 1. The predicted octanol–water partition coefficient (Wildman–Crippen LogP) is 0.385. The lowest BCUT2D eigenvalue weighted by Crippen LogP contribution is -2.53. The highest BCUT2D eigenvalue weighted by Gasteiger charge is 2.33. The molecule has 0 radical (unpaired) electrons. The number of nitrogens with zero attached hydrogens (tertiary/aromatic N) is 1. The maximum Gasteiger partial charge on any atom is 0.255 e. The van der Waals surface area contributed by atoms with E-state index < -0.39 is 17.9 Å². The van der Waals surface area contributed by atoms with Crippen molar-refractivity contribution in [2.24, 2.45) is 0 Å².